The molecule has 0 amide bonds. The summed E-state index contributed by atoms with van der Waals surface area (Å²) in [5, 5.41) is 0. The molecule has 0 aromatic carbocycles. The van der Waals surface area contributed by atoms with E-state index in [1.807, 2.05) is 0 Å². The highest BCUT2D eigenvalue weighted by molar-refractivity contribution is 4.90. The van der Waals surface area contributed by atoms with Gasteiger partial charge < -0.3 is 0 Å². The zero-order valence-electron chi connectivity index (χ0n) is 23.3. The van der Waals surface area contributed by atoms with Crippen molar-refractivity contribution in [2.45, 2.75) is 181 Å². The highest BCUT2D eigenvalue weighted by Crippen LogP contribution is 2.26. The number of aromatic amines is 1. The Labute approximate surface area is 208 Å². The fraction of sp³-hybridized carbons (Fsp3) is 0.903. The van der Waals surface area contributed by atoms with Crippen LogP contribution < -0.4 is 4.57 Å². The van der Waals surface area contributed by atoms with Gasteiger partial charge in [-0.05, 0) is 32.6 Å². The van der Waals surface area contributed by atoms with Crippen molar-refractivity contribution in [3.63, 3.8) is 0 Å². The Morgan fingerprint density at radius 3 is 1.52 bits per heavy atom. The Bertz CT molecular complexity index is 521. The Morgan fingerprint density at radius 1 is 0.576 bits per heavy atom. The van der Waals surface area contributed by atoms with Crippen LogP contribution in [0.15, 0.2) is 12.4 Å². The molecule has 0 aliphatic heterocycles. The maximum absolute atomic E-state index is 3.67. The molecule has 1 aromatic rings. The first-order chi connectivity index (χ1) is 16.2. The first kappa shape index (κ1) is 30.2. The maximum Gasteiger partial charge on any atom is 0.257 e. The van der Waals surface area contributed by atoms with E-state index in [0.29, 0.717) is 12.0 Å². The molecule has 0 saturated heterocycles. The average molecular weight is 462 g/mol. The number of unbranched alkanes of at least 4 members (excludes halogenated alkanes) is 16. The molecule has 0 spiro atoms. The largest absolute Gasteiger partial charge is 0.257 e. The van der Waals surface area contributed by atoms with E-state index >= 15 is 0 Å². The predicted octanol–water partition coefficient (Wildman–Crippen LogP) is 10.6. The van der Waals surface area contributed by atoms with Crippen molar-refractivity contribution >= 4 is 0 Å². The van der Waals surface area contributed by atoms with Crippen molar-refractivity contribution in [1.29, 1.82) is 0 Å². The van der Waals surface area contributed by atoms with Crippen LogP contribution in [0.3, 0.4) is 0 Å². The molecule has 1 N–H and O–H groups in total. The van der Waals surface area contributed by atoms with E-state index in [1.165, 1.54) is 147 Å². The molecular formula is C31H61N2+. The molecule has 2 nitrogen and oxygen atoms in total. The van der Waals surface area contributed by atoms with Crippen LogP contribution in [0.4, 0.5) is 0 Å². The van der Waals surface area contributed by atoms with Crippen molar-refractivity contribution < 1.29 is 4.57 Å². The zero-order chi connectivity index (χ0) is 24.0. The van der Waals surface area contributed by atoms with Crippen LogP contribution >= 0.6 is 0 Å². The minimum atomic E-state index is 0.624. The van der Waals surface area contributed by atoms with Gasteiger partial charge in [0.05, 0.1) is 12.0 Å². The normalized spacial score (nSPS) is 13.5. The van der Waals surface area contributed by atoms with Gasteiger partial charge in [-0.1, -0.05) is 136 Å². The second-order valence-electron chi connectivity index (χ2n) is 10.8. The quantitative estimate of drug-likeness (QED) is 0.117. The van der Waals surface area contributed by atoms with Crippen molar-refractivity contribution in [1.82, 2.24) is 4.98 Å². The fourth-order valence-electron chi connectivity index (χ4n) is 5.35. The second-order valence-corrected chi connectivity index (χ2v) is 10.8. The highest BCUT2D eigenvalue weighted by atomic mass is 15.1. The number of hydrogen-bond donors (Lipinski definition) is 1. The van der Waals surface area contributed by atoms with Crippen LogP contribution in [0.2, 0.25) is 0 Å². The number of aromatic nitrogens is 2. The van der Waals surface area contributed by atoms with E-state index in [0.717, 1.165) is 0 Å². The average Bonchev–Trinajstić information content (AvgIpc) is 3.31. The van der Waals surface area contributed by atoms with Gasteiger partial charge in [0.1, 0.15) is 12.4 Å². The number of nitrogens with zero attached hydrogens (tertiary/aromatic N) is 1. The lowest BCUT2D eigenvalue weighted by Crippen LogP contribution is -2.41. The minimum absolute atomic E-state index is 0.624. The van der Waals surface area contributed by atoms with Crippen molar-refractivity contribution in [3.8, 4) is 0 Å². The molecule has 0 radical (unpaired) electrons. The third-order valence-corrected chi connectivity index (χ3v) is 7.64. The topological polar surface area (TPSA) is 19.7 Å². The van der Waals surface area contributed by atoms with Crippen LogP contribution in [0, 0.1) is 0 Å². The van der Waals surface area contributed by atoms with E-state index in [9.17, 15) is 0 Å². The van der Waals surface area contributed by atoms with Crippen molar-refractivity contribution in [3.05, 3.63) is 18.2 Å². The zero-order valence-corrected chi connectivity index (χ0v) is 23.3. The van der Waals surface area contributed by atoms with E-state index in [-0.39, 0.29) is 0 Å². The van der Waals surface area contributed by atoms with Gasteiger partial charge in [0.2, 0.25) is 0 Å². The smallest absolute Gasteiger partial charge is 0.247 e. The summed E-state index contributed by atoms with van der Waals surface area (Å²) in [5.41, 5.74) is 0. The Hall–Kier alpha value is -0.790. The number of rotatable bonds is 24. The highest BCUT2D eigenvalue weighted by Gasteiger charge is 2.25. The molecule has 0 bridgehead atoms. The number of nitrogens with one attached hydrogen (secondary N) is 1. The van der Waals surface area contributed by atoms with E-state index < -0.39 is 0 Å². The van der Waals surface area contributed by atoms with Gasteiger partial charge in [0, 0.05) is 0 Å². The second kappa shape index (κ2) is 21.7. The third-order valence-electron chi connectivity index (χ3n) is 7.64. The van der Waals surface area contributed by atoms with Crippen LogP contribution in [-0.2, 0) is 0 Å². The molecule has 0 saturated carbocycles. The van der Waals surface area contributed by atoms with Gasteiger partial charge in [-0.25, -0.2) is 9.55 Å². The molecule has 194 valence electrons. The molecule has 2 atom stereocenters. The van der Waals surface area contributed by atoms with E-state index in [1.54, 1.807) is 0 Å². The molecule has 0 aliphatic carbocycles. The SMILES string of the molecule is CCCCCCCCCCCCCC(CCCC)c1[nH]cc[n+]1C(C)CCCCCCCC. The summed E-state index contributed by atoms with van der Waals surface area (Å²) >= 11 is 0. The van der Waals surface area contributed by atoms with Gasteiger partial charge in [-0.15, -0.1) is 0 Å². The Balaban J connectivity index is 2.33. The van der Waals surface area contributed by atoms with E-state index in [2.05, 4.69) is 49.6 Å². The lowest BCUT2D eigenvalue weighted by Gasteiger charge is -2.17. The molecule has 0 fully saturated rings. The monoisotopic (exact) mass is 461 g/mol. The van der Waals surface area contributed by atoms with Gasteiger partial charge in [-0.2, -0.15) is 0 Å². The Morgan fingerprint density at radius 2 is 1.00 bits per heavy atom. The van der Waals surface area contributed by atoms with Crippen molar-refractivity contribution in [2.24, 2.45) is 0 Å². The molecule has 2 heteroatoms. The standard InChI is InChI=1S/C31H60N2/c1-5-8-11-13-15-16-17-18-19-21-23-26-30(25-10-7-3)31-32-27-28-33(31)29(4)24-22-20-14-12-9-6-2/h27-30H,5-26H2,1-4H3/p+1. The van der Waals surface area contributed by atoms with Crippen LogP contribution in [0.25, 0.3) is 0 Å². The molecule has 1 heterocycles. The summed E-state index contributed by atoms with van der Waals surface area (Å²) in [5.74, 6) is 2.22. The fourth-order valence-corrected chi connectivity index (χ4v) is 5.35. The number of imidazole rings is 1. The molecule has 1 aromatic heterocycles. The van der Waals surface area contributed by atoms with Crippen LogP contribution in [-0.4, -0.2) is 4.98 Å². The summed E-state index contributed by atoms with van der Waals surface area (Å²) in [6.07, 6.45) is 35.4. The predicted molar refractivity (Wildman–Crippen MR) is 147 cm³/mol. The Kier molecular flexibility index (Phi) is 19.9. The van der Waals surface area contributed by atoms with Gasteiger partial charge >= 0.3 is 0 Å². The summed E-state index contributed by atoms with van der Waals surface area (Å²) < 4.78 is 2.59. The first-order valence-corrected chi connectivity index (χ1v) is 15.3. The summed E-state index contributed by atoms with van der Waals surface area (Å²) in [7, 11) is 0. The maximum atomic E-state index is 3.67. The van der Waals surface area contributed by atoms with Crippen molar-refractivity contribution in [2.75, 3.05) is 0 Å². The van der Waals surface area contributed by atoms with Crippen LogP contribution in [0.1, 0.15) is 187 Å². The van der Waals surface area contributed by atoms with E-state index in [4.69, 9.17) is 0 Å². The lowest BCUT2D eigenvalue weighted by atomic mass is 9.93. The van der Waals surface area contributed by atoms with Gasteiger partial charge in [0.25, 0.3) is 5.82 Å². The lowest BCUT2D eigenvalue weighted by molar-refractivity contribution is -0.727. The summed E-state index contributed by atoms with van der Waals surface area (Å²) in [4.78, 5) is 3.67. The molecule has 2 unspecified atom stereocenters. The first-order valence-electron chi connectivity index (χ1n) is 15.3. The number of hydrogen-bond acceptors (Lipinski definition) is 0. The summed E-state index contributed by atoms with van der Waals surface area (Å²) in [6.45, 7) is 9.38. The molecule has 0 aliphatic rings. The van der Waals surface area contributed by atoms with Gasteiger partial charge in [0.15, 0.2) is 0 Å². The molecule has 1 rings (SSSR count). The third kappa shape index (κ3) is 14.9. The summed E-state index contributed by atoms with van der Waals surface area (Å²) in [6, 6.07) is 0.624. The minimum Gasteiger partial charge on any atom is -0.247 e. The van der Waals surface area contributed by atoms with Crippen LogP contribution in [0.5, 0.6) is 0 Å². The molecule has 33 heavy (non-hydrogen) atoms. The number of H-pyrrole nitrogens is 1. The van der Waals surface area contributed by atoms with Gasteiger partial charge in [-0.3, -0.25) is 0 Å². The molecular weight excluding hydrogens is 400 g/mol.